The van der Waals surface area contributed by atoms with Crippen LogP contribution in [0.25, 0.3) is 11.1 Å². The molecule has 5 rings (SSSR count). The molecular weight excluding hydrogens is 412 g/mol. The van der Waals surface area contributed by atoms with Gasteiger partial charge >= 0.3 is 0 Å². The molecule has 0 spiro atoms. The lowest BCUT2D eigenvalue weighted by Crippen LogP contribution is -2.72. The smallest absolute Gasteiger partial charge is 0.101 e. The Balaban J connectivity index is 2.00. The van der Waals surface area contributed by atoms with E-state index < -0.39 is 8.07 Å². The van der Waals surface area contributed by atoms with Crippen LogP contribution >= 0.6 is 0 Å². The van der Waals surface area contributed by atoms with Gasteiger partial charge in [-0.3, -0.25) is 0 Å². The molecule has 0 saturated carbocycles. The standard InChI is InChI=1S/C32H26Si/c1-5-13-25-21-29-30-22-26(14-6-2)24(4)20-32(30)33(31(29)19-23(25)3,27-15-9-7-10-16-27)28-17-11-8-12-18-28/h7-12,15-22H,1-4H3. The zero-order valence-electron chi connectivity index (χ0n) is 19.6. The Morgan fingerprint density at radius 2 is 0.939 bits per heavy atom. The molecule has 1 heterocycles. The number of hydrogen-bond donors (Lipinski definition) is 0. The molecule has 0 aliphatic carbocycles. The van der Waals surface area contributed by atoms with Crippen LogP contribution in [0.2, 0.25) is 0 Å². The summed E-state index contributed by atoms with van der Waals surface area (Å²) in [6.45, 7) is 8.20. The lowest BCUT2D eigenvalue weighted by atomic mass is 9.97. The van der Waals surface area contributed by atoms with Crippen molar-refractivity contribution in [2.24, 2.45) is 0 Å². The lowest BCUT2D eigenvalue weighted by molar-refractivity contribution is 1.44. The van der Waals surface area contributed by atoms with Crippen molar-refractivity contribution >= 4 is 28.8 Å². The Labute approximate surface area is 198 Å². The molecule has 4 aromatic rings. The van der Waals surface area contributed by atoms with E-state index in [0.29, 0.717) is 0 Å². The molecule has 158 valence electrons. The number of benzene rings is 4. The Bertz CT molecular complexity index is 1370. The van der Waals surface area contributed by atoms with E-state index in [-0.39, 0.29) is 0 Å². The Morgan fingerprint density at radius 3 is 1.30 bits per heavy atom. The van der Waals surface area contributed by atoms with Gasteiger partial charge in [-0.15, -0.1) is 11.8 Å². The maximum Gasteiger partial charge on any atom is 0.180 e. The van der Waals surface area contributed by atoms with Gasteiger partial charge in [0.25, 0.3) is 0 Å². The fourth-order valence-electron chi connectivity index (χ4n) is 5.33. The van der Waals surface area contributed by atoms with Crippen LogP contribution < -0.4 is 20.7 Å². The number of hydrogen-bond acceptors (Lipinski definition) is 0. The number of aryl methyl sites for hydroxylation is 2. The van der Waals surface area contributed by atoms with Gasteiger partial charge in [0.15, 0.2) is 8.07 Å². The average Bonchev–Trinajstić information content (AvgIpc) is 3.10. The van der Waals surface area contributed by atoms with Crippen LogP contribution in [-0.2, 0) is 0 Å². The molecule has 33 heavy (non-hydrogen) atoms. The van der Waals surface area contributed by atoms with E-state index in [9.17, 15) is 0 Å². The third kappa shape index (κ3) is 3.17. The molecule has 4 aromatic carbocycles. The van der Waals surface area contributed by atoms with Gasteiger partial charge in [-0.25, -0.2) is 0 Å². The van der Waals surface area contributed by atoms with Crippen LogP contribution in [0.3, 0.4) is 0 Å². The minimum absolute atomic E-state index is 1.11. The van der Waals surface area contributed by atoms with Crippen LogP contribution in [0.5, 0.6) is 0 Å². The summed E-state index contributed by atoms with van der Waals surface area (Å²) in [5.74, 6) is 12.9. The Hall–Kier alpha value is -3.78. The summed E-state index contributed by atoms with van der Waals surface area (Å²) in [6.07, 6.45) is 0. The van der Waals surface area contributed by atoms with Crippen LogP contribution in [-0.4, -0.2) is 8.07 Å². The fourth-order valence-corrected chi connectivity index (χ4v) is 10.7. The van der Waals surface area contributed by atoms with E-state index in [0.717, 1.165) is 11.1 Å². The summed E-state index contributed by atoms with van der Waals surface area (Å²) in [6, 6.07) is 31.7. The zero-order valence-corrected chi connectivity index (χ0v) is 20.6. The molecule has 0 saturated heterocycles. The zero-order chi connectivity index (χ0) is 23.0. The van der Waals surface area contributed by atoms with Crippen molar-refractivity contribution in [3.05, 3.63) is 107 Å². The largest absolute Gasteiger partial charge is 0.180 e. The summed E-state index contributed by atoms with van der Waals surface area (Å²) < 4.78 is 0. The maximum atomic E-state index is 3.33. The van der Waals surface area contributed by atoms with E-state index >= 15 is 0 Å². The summed E-state index contributed by atoms with van der Waals surface area (Å²) >= 11 is 0. The third-order valence-corrected chi connectivity index (χ3v) is 11.6. The van der Waals surface area contributed by atoms with E-state index in [1.807, 2.05) is 13.8 Å². The molecule has 0 unspecified atom stereocenters. The van der Waals surface area contributed by atoms with Crippen LogP contribution in [0, 0.1) is 37.5 Å². The first-order chi connectivity index (χ1) is 16.1. The van der Waals surface area contributed by atoms with Crippen molar-refractivity contribution < 1.29 is 0 Å². The molecule has 0 nitrogen and oxygen atoms in total. The predicted molar refractivity (Wildman–Crippen MR) is 144 cm³/mol. The Morgan fingerprint density at radius 1 is 0.545 bits per heavy atom. The molecule has 0 N–H and O–H groups in total. The first kappa shape index (κ1) is 21.1. The second kappa shape index (κ2) is 8.29. The van der Waals surface area contributed by atoms with Gasteiger partial charge in [-0.1, -0.05) is 84.6 Å². The molecule has 1 aliphatic rings. The third-order valence-electron chi connectivity index (χ3n) is 6.76. The van der Waals surface area contributed by atoms with Crippen molar-refractivity contribution in [2.45, 2.75) is 27.7 Å². The van der Waals surface area contributed by atoms with Gasteiger partial charge in [0.05, 0.1) is 0 Å². The van der Waals surface area contributed by atoms with Crippen molar-refractivity contribution in [1.82, 2.24) is 0 Å². The van der Waals surface area contributed by atoms with Gasteiger partial charge in [-0.05, 0) is 82.8 Å². The molecule has 0 bridgehead atoms. The van der Waals surface area contributed by atoms with Gasteiger partial charge in [0.2, 0.25) is 0 Å². The maximum absolute atomic E-state index is 3.33. The van der Waals surface area contributed by atoms with Crippen LogP contribution in [0.15, 0.2) is 84.9 Å². The van der Waals surface area contributed by atoms with Crippen LogP contribution in [0.4, 0.5) is 0 Å². The number of fused-ring (bicyclic) bond motifs is 3. The van der Waals surface area contributed by atoms with Crippen molar-refractivity contribution in [1.29, 1.82) is 0 Å². The first-order valence-corrected chi connectivity index (χ1v) is 13.4. The van der Waals surface area contributed by atoms with E-state index in [1.165, 1.54) is 43.0 Å². The van der Waals surface area contributed by atoms with Gasteiger partial charge in [0.1, 0.15) is 0 Å². The topological polar surface area (TPSA) is 0 Å². The highest BCUT2D eigenvalue weighted by atomic mass is 28.3. The van der Waals surface area contributed by atoms with Gasteiger partial charge in [0, 0.05) is 11.1 Å². The minimum Gasteiger partial charge on any atom is -0.101 e. The Kier molecular flexibility index (Phi) is 5.30. The van der Waals surface area contributed by atoms with Crippen molar-refractivity contribution in [3.8, 4) is 34.8 Å². The molecule has 0 radical (unpaired) electrons. The minimum atomic E-state index is -2.48. The normalized spacial score (nSPS) is 12.6. The average molecular weight is 439 g/mol. The quantitative estimate of drug-likeness (QED) is 0.283. The SMILES string of the molecule is CC#Cc1cc2c(cc1C)[Si](c1ccccc1)(c1ccccc1)c1cc(C)c(C#CC)cc1-2. The monoisotopic (exact) mass is 438 g/mol. The van der Waals surface area contributed by atoms with E-state index in [1.54, 1.807) is 0 Å². The van der Waals surface area contributed by atoms with Crippen molar-refractivity contribution in [3.63, 3.8) is 0 Å². The molecule has 1 aliphatic heterocycles. The van der Waals surface area contributed by atoms with Gasteiger partial charge in [-0.2, -0.15) is 0 Å². The fraction of sp³-hybridized carbons (Fsp3) is 0.125. The summed E-state index contributed by atoms with van der Waals surface area (Å²) in [5.41, 5.74) is 7.32. The van der Waals surface area contributed by atoms with Crippen molar-refractivity contribution in [2.75, 3.05) is 0 Å². The summed E-state index contributed by atoms with van der Waals surface area (Å²) in [4.78, 5) is 0. The molecular formula is C32H26Si. The first-order valence-electron chi connectivity index (χ1n) is 11.4. The second-order valence-electron chi connectivity index (χ2n) is 8.66. The van der Waals surface area contributed by atoms with Crippen LogP contribution in [0.1, 0.15) is 36.1 Å². The van der Waals surface area contributed by atoms with E-state index in [2.05, 4.69) is 122 Å². The highest BCUT2D eigenvalue weighted by Gasteiger charge is 2.49. The second-order valence-corrected chi connectivity index (χ2v) is 12.4. The highest BCUT2D eigenvalue weighted by Crippen LogP contribution is 2.32. The molecule has 0 aromatic heterocycles. The molecule has 1 heteroatoms. The number of rotatable bonds is 2. The molecule has 0 fully saturated rings. The van der Waals surface area contributed by atoms with Gasteiger partial charge < -0.3 is 0 Å². The molecule has 0 atom stereocenters. The summed E-state index contributed by atoms with van der Waals surface area (Å²) in [5, 5.41) is 5.74. The predicted octanol–water partition coefficient (Wildman–Crippen LogP) is 4.40. The lowest BCUT2D eigenvalue weighted by Gasteiger charge is -2.31. The highest BCUT2D eigenvalue weighted by molar-refractivity contribution is 7.22. The molecule has 0 amide bonds. The summed E-state index contributed by atoms with van der Waals surface area (Å²) in [7, 11) is -2.48. The van der Waals surface area contributed by atoms with E-state index in [4.69, 9.17) is 0 Å².